The molecule has 178 valence electrons. The topological polar surface area (TPSA) is 56.8 Å². The molecule has 0 radical (unpaired) electrons. The summed E-state index contributed by atoms with van der Waals surface area (Å²) >= 11 is 6.51. The molecule has 0 aliphatic carbocycles. The Hall–Kier alpha value is -2.70. The maximum atomic E-state index is 13.0. The first-order valence-corrected chi connectivity index (χ1v) is 12.0. The SMILES string of the molecule is Cc1ccccc1C(=O)c1ccc(Nc2ccccc2COC(C)OC2CCCCO2)cc1Cl. The number of hydrogen-bond acceptors (Lipinski definition) is 5. The van der Waals surface area contributed by atoms with Gasteiger partial charge in [0.25, 0.3) is 0 Å². The molecule has 0 saturated carbocycles. The maximum Gasteiger partial charge on any atom is 0.194 e. The average molecular weight is 480 g/mol. The summed E-state index contributed by atoms with van der Waals surface area (Å²) in [5.74, 6) is -0.0839. The molecule has 5 nitrogen and oxygen atoms in total. The largest absolute Gasteiger partial charge is 0.355 e. The van der Waals surface area contributed by atoms with Gasteiger partial charge in [0.15, 0.2) is 18.4 Å². The van der Waals surface area contributed by atoms with E-state index < -0.39 is 0 Å². The fourth-order valence-corrected chi connectivity index (χ4v) is 4.22. The summed E-state index contributed by atoms with van der Waals surface area (Å²) in [6, 6.07) is 20.8. The first-order valence-electron chi connectivity index (χ1n) is 11.6. The van der Waals surface area contributed by atoms with E-state index in [4.69, 9.17) is 25.8 Å². The lowest BCUT2D eigenvalue weighted by molar-refractivity contribution is -0.252. The van der Waals surface area contributed by atoms with Gasteiger partial charge >= 0.3 is 0 Å². The highest BCUT2D eigenvalue weighted by atomic mass is 35.5. The number of halogens is 1. The molecule has 1 heterocycles. The number of ether oxygens (including phenoxy) is 3. The van der Waals surface area contributed by atoms with E-state index in [1.54, 1.807) is 12.1 Å². The van der Waals surface area contributed by atoms with Crippen molar-refractivity contribution in [3.63, 3.8) is 0 Å². The first kappa shape index (κ1) is 24.4. The van der Waals surface area contributed by atoms with Gasteiger partial charge in [-0.25, -0.2) is 0 Å². The Bertz CT molecular complexity index is 1130. The summed E-state index contributed by atoms with van der Waals surface area (Å²) in [6.45, 7) is 4.93. The van der Waals surface area contributed by atoms with Crippen LogP contribution in [-0.4, -0.2) is 25.0 Å². The lowest BCUT2D eigenvalue weighted by atomic mass is 9.99. The molecule has 1 fully saturated rings. The third kappa shape index (κ3) is 6.24. The van der Waals surface area contributed by atoms with Gasteiger partial charge in [-0.15, -0.1) is 0 Å². The molecule has 0 bridgehead atoms. The third-order valence-corrected chi connectivity index (χ3v) is 6.17. The second kappa shape index (κ2) is 11.6. The van der Waals surface area contributed by atoms with Crippen LogP contribution in [0.15, 0.2) is 66.7 Å². The average Bonchev–Trinajstić information content (AvgIpc) is 2.84. The van der Waals surface area contributed by atoms with Crippen molar-refractivity contribution in [2.24, 2.45) is 0 Å². The predicted octanol–water partition coefficient (Wildman–Crippen LogP) is 7.03. The standard InChI is InChI=1S/C28H30ClNO4/c1-19-9-3-5-11-23(19)28(31)24-15-14-22(17-25(24)29)30-26-12-6-4-10-21(26)18-33-20(2)34-27-13-7-8-16-32-27/h3-6,9-12,14-15,17,20,27,30H,7-8,13,16,18H2,1-2H3. The summed E-state index contributed by atoms with van der Waals surface area (Å²) in [5, 5.41) is 3.80. The van der Waals surface area contributed by atoms with Crippen LogP contribution in [0.1, 0.15) is 53.2 Å². The highest BCUT2D eigenvalue weighted by molar-refractivity contribution is 6.35. The highest BCUT2D eigenvalue weighted by Gasteiger charge is 2.18. The van der Waals surface area contributed by atoms with Crippen molar-refractivity contribution in [1.82, 2.24) is 0 Å². The van der Waals surface area contributed by atoms with Crippen LogP contribution in [0.4, 0.5) is 11.4 Å². The zero-order chi connectivity index (χ0) is 23.9. The molecular weight excluding hydrogens is 450 g/mol. The fraction of sp³-hybridized carbons (Fsp3) is 0.321. The minimum atomic E-state index is -0.377. The smallest absolute Gasteiger partial charge is 0.194 e. The summed E-state index contributed by atoms with van der Waals surface area (Å²) in [6.07, 6.45) is 2.52. The number of rotatable bonds is 9. The molecule has 4 rings (SSSR count). The van der Waals surface area contributed by atoms with Crippen molar-refractivity contribution in [1.29, 1.82) is 0 Å². The number of carbonyl (C=O) groups is 1. The molecule has 0 amide bonds. The Morgan fingerprint density at radius 2 is 1.88 bits per heavy atom. The van der Waals surface area contributed by atoms with Crippen molar-refractivity contribution in [2.45, 2.75) is 52.3 Å². The van der Waals surface area contributed by atoms with Gasteiger partial charge in [-0.05, 0) is 62.9 Å². The van der Waals surface area contributed by atoms with Crippen molar-refractivity contribution >= 4 is 28.8 Å². The number of hydrogen-bond donors (Lipinski definition) is 1. The minimum absolute atomic E-state index is 0.0839. The maximum absolute atomic E-state index is 13.0. The van der Waals surface area contributed by atoms with Gasteiger partial charge in [-0.2, -0.15) is 0 Å². The summed E-state index contributed by atoms with van der Waals surface area (Å²) < 4.78 is 17.4. The summed E-state index contributed by atoms with van der Waals surface area (Å²) in [4.78, 5) is 13.0. The van der Waals surface area contributed by atoms with E-state index in [0.29, 0.717) is 22.8 Å². The predicted molar refractivity (Wildman–Crippen MR) is 135 cm³/mol. The van der Waals surface area contributed by atoms with Gasteiger partial charge in [-0.3, -0.25) is 4.79 Å². The molecule has 2 atom stereocenters. The van der Waals surface area contributed by atoms with Crippen molar-refractivity contribution < 1.29 is 19.0 Å². The lowest BCUT2D eigenvalue weighted by Gasteiger charge is -2.26. The first-order chi connectivity index (χ1) is 16.5. The Kier molecular flexibility index (Phi) is 8.35. The second-order valence-corrected chi connectivity index (χ2v) is 8.84. The molecule has 3 aromatic rings. The quantitative estimate of drug-likeness (QED) is 0.264. The summed E-state index contributed by atoms with van der Waals surface area (Å²) in [7, 11) is 0. The lowest BCUT2D eigenvalue weighted by Crippen LogP contribution is -2.27. The van der Waals surface area contributed by atoms with Gasteiger partial charge in [-0.1, -0.05) is 54.1 Å². The number of aryl methyl sites for hydroxylation is 1. The Balaban J connectivity index is 1.41. The molecule has 0 spiro atoms. The van der Waals surface area contributed by atoms with Crippen LogP contribution in [0, 0.1) is 6.92 Å². The van der Waals surface area contributed by atoms with Crippen LogP contribution in [0.5, 0.6) is 0 Å². The number of benzene rings is 3. The van der Waals surface area contributed by atoms with Crippen LogP contribution in [0.2, 0.25) is 5.02 Å². The van der Waals surface area contributed by atoms with Crippen LogP contribution >= 0.6 is 11.6 Å². The molecule has 6 heteroatoms. The Morgan fingerprint density at radius 3 is 2.65 bits per heavy atom. The van der Waals surface area contributed by atoms with Crippen LogP contribution in [-0.2, 0) is 20.8 Å². The molecule has 34 heavy (non-hydrogen) atoms. The van der Waals surface area contributed by atoms with E-state index in [1.165, 1.54) is 0 Å². The van der Waals surface area contributed by atoms with Gasteiger partial charge < -0.3 is 19.5 Å². The van der Waals surface area contributed by atoms with E-state index in [1.807, 2.05) is 68.4 Å². The number of nitrogens with one attached hydrogen (secondary N) is 1. The van der Waals surface area contributed by atoms with Crippen LogP contribution in [0.25, 0.3) is 0 Å². The number of carbonyl (C=O) groups excluding carboxylic acids is 1. The Labute approximate surface area is 206 Å². The molecule has 2 unspecified atom stereocenters. The molecule has 1 N–H and O–H groups in total. The third-order valence-electron chi connectivity index (χ3n) is 5.85. The van der Waals surface area contributed by atoms with Gasteiger partial charge in [0.05, 0.1) is 11.6 Å². The van der Waals surface area contributed by atoms with E-state index in [9.17, 15) is 4.79 Å². The van der Waals surface area contributed by atoms with E-state index in [0.717, 1.165) is 48.4 Å². The molecule has 1 saturated heterocycles. The van der Waals surface area contributed by atoms with Crippen LogP contribution < -0.4 is 5.32 Å². The summed E-state index contributed by atoms with van der Waals surface area (Å²) in [5.41, 5.74) is 4.74. The fourth-order valence-electron chi connectivity index (χ4n) is 3.95. The normalized spacial score (nSPS) is 16.7. The van der Waals surface area contributed by atoms with Gasteiger partial charge in [0.1, 0.15) is 0 Å². The number of para-hydroxylation sites is 1. The Morgan fingerprint density at radius 1 is 1.09 bits per heavy atom. The molecule has 1 aliphatic heterocycles. The minimum Gasteiger partial charge on any atom is -0.355 e. The molecule has 3 aromatic carbocycles. The second-order valence-electron chi connectivity index (χ2n) is 8.43. The van der Waals surface area contributed by atoms with Gasteiger partial charge in [0, 0.05) is 34.7 Å². The van der Waals surface area contributed by atoms with Crippen LogP contribution in [0.3, 0.4) is 0 Å². The zero-order valence-corrected chi connectivity index (χ0v) is 20.3. The number of anilines is 2. The van der Waals surface area contributed by atoms with E-state index >= 15 is 0 Å². The van der Waals surface area contributed by atoms with Gasteiger partial charge in [0.2, 0.25) is 0 Å². The highest BCUT2D eigenvalue weighted by Crippen LogP contribution is 2.28. The molecule has 1 aliphatic rings. The number of ketones is 1. The zero-order valence-electron chi connectivity index (χ0n) is 19.6. The van der Waals surface area contributed by atoms with E-state index in [2.05, 4.69) is 5.32 Å². The van der Waals surface area contributed by atoms with E-state index in [-0.39, 0.29) is 18.4 Å². The van der Waals surface area contributed by atoms with Crippen molar-refractivity contribution in [3.8, 4) is 0 Å². The molecular formula is C28H30ClNO4. The van der Waals surface area contributed by atoms with Crippen molar-refractivity contribution in [3.05, 3.63) is 94.0 Å². The monoisotopic (exact) mass is 479 g/mol. The van der Waals surface area contributed by atoms with Crippen molar-refractivity contribution in [2.75, 3.05) is 11.9 Å². The molecule has 0 aromatic heterocycles.